The molecule has 1 aromatic carbocycles. The highest BCUT2D eigenvalue weighted by Crippen LogP contribution is 2.26. The van der Waals surface area contributed by atoms with Gasteiger partial charge in [0.25, 0.3) is 0 Å². The molecule has 0 saturated carbocycles. The van der Waals surface area contributed by atoms with Crippen molar-refractivity contribution in [2.75, 3.05) is 39.4 Å². The molecule has 2 aromatic rings. The summed E-state index contributed by atoms with van der Waals surface area (Å²) in [6, 6.07) is 7.94. The summed E-state index contributed by atoms with van der Waals surface area (Å²) < 4.78 is 7.35. The number of amides is 1. The molecule has 4 rings (SSSR count). The summed E-state index contributed by atoms with van der Waals surface area (Å²) in [4.78, 5) is 16.7. The van der Waals surface area contributed by atoms with Gasteiger partial charge >= 0.3 is 0 Å². The molecule has 24 heavy (non-hydrogen) atoms. The first-order chi connectivity index (χ1) is 11.8. The van der Waals surface area contributed by atoms with Crippen LogP contribution in [0.25, 0.3) is 11.0 Å². The number of aromatic nitrogens is 3. The maximum absolute atomic E-state index is 12.3. The number of para-hydroxylation sites is 1. The van der Waals surface area contributed by atoms with Crippen molar-refractivity contribution in [2.45, 2.75) is 25.4 Å². The Balaban J connectivity index is 1.59. The Kier molecular flexibility index (Phi) is 4.44. The van der Waals surface area contributed by atoms with Crippen LogP contribution in [-0.2, 0) is 9.53 Å². The molecule has 7 nitrogen and oxygen atoms in total. The van der Waals surface area contributed by atoms with E-state index < -0.39 is 0 Å². The Morgan fingerprint density at radius 2 is 2.00 bits per heavy atom. The number of morpholine rings is 1. The Hall–Kier alpha value is -1.99. The number of hydrogen-bond donors (Lipinski definition) is 0. The summed E-state index contributed by atoms with van der Waals surface area (Å²) in [6.45, 7) is 5.24. The smallest absolute Gasteiger partial charge is 0.224 e. The van der Waals surface area contributed by atoms with Gasteiger partial charge in [-0.05, 0) is 18.6 Å². The van der Waals surface area contributed by atoms with E-state index >= 15 is 0 Å². The Morgan fingerprint density at radius 1 is 1.17 bits per heavy atom. The van der Waals surface area contributed by atoms with E-state index in [0.717, 1.165) is 63.3 Å². The molecule has 7 heteroatoms. The summed E-state index contributed by atoms with van der Waals surface area (Å²) >= 11 is 0. The monoisotopic (exact) mass is 329 g/mol. The number of carbonyl (C=O) groups is 1. The fraction of sp³-hybridized carbons (Fsp3) is 0.588. The molecule has 0 bridgehead atoms. The molecule has 1 unspecified atom stereocenters. The molecule has 0 spiro atoms. The molecule has 0 N–H and O–H groups in total. The third-order valence-corrected chi connectivity index (χ3v) is 4.94. The third kappa shape index (κ3) is 3.01. The lowest BCUT2D eigenvalue weighted by Crippen LogP contribution is -2.40. The fourth-order valence-electron chi connectivity index (χ4n) is 3.62. The average molecular weight is 329 g/mol. The summed E-state index contributed by atoms with van der Waals surface area (Å²) in [7, 11) is 0. The fourth-order valence-corrected chi connectivity index (χ4v) is 3.62. The lowest BCUT2D eigenvalue weighted by Gasteiger charge is -2.32. The molecule has 1 atom stereocenters. The molecule has 0 radical (unpaired) electrons. The van der Waals surface area contributed by atoms with Crippen LogP contribution < -0.4 is 0 Å². The van der Waals surface area contributed by atoms with Gasteiger partial charge in [-0.2, -0.15) is 0 Å². The van der Waals surface area contributed by atoms with E-state index in [4.69, 9.17) is 4.74 Å². The molecular weight excluding hydrogens is 306 g/mol. The number of rotatable bonds is 5. The van der Waals surface area contributed by atoms with Crippen LogP contribution in [0.5, 0.6) is 0 Å². The van der Waals surface area contributed by atoms with Crippen LogP contribution in [0.15, 0.2) is 24.3 Å². The van der Waals surface area contributed by atoms with Gasteiger partial charge in [0.1, 0.15) is 11.7 Å². The second-order valence-electron chi connectivity index (χ2n) is 6.44. The molecule has 2 aliphatic rings. The van der Waals surface area contributed by atoms with Gasteiger partial charge in [-0.3, -0.25) is 9.69 Å². The lowest BCUT2D eigenvalue weighted by atomic mass is 10.2. The summed E-state index contributed by atoms with van der Waals surface area (Å²) in [5.74, 6) is 0.224. The van der Waals surface area contributed by atoms with Crippen molar-refractivity contribution in [1.29, 1.82) is 0 Å². The molecule has 0 aliphatic carbocycles. The van der Waals surface area contributed by atoms with Crippen LogP contribution in [-0.4, -0.2) is 70.1 Å². The molecular formula is C17H23N5O2. The second kappa shape index (κ2) is 6.86. The van der Waals surface area contributed by atoms with Crippen LogP contribution in [0, 0.1) is 0 Å². The SMILES string of the molecule is O=C1CCCN1C(CCN1CCOCC1)n1nnc2ccccc21. The van der Waals surface area contributed by atoms with Gasteiger partial charge in [-0.15, -0.1) is 5.10 Å². The first-order valence-corrected chi connectivity index (χ1v) is 8.72. The molecule has 128 valence electrons. The van der Waals surface area contributed by atoms with E-state index in [2.05, 4.69) is 15.2 Å². The zero-order chi connectivity index (χ0) is 16.4. The number of benzene rings is 1. The van der Waals surface area contributed by atoms with Crippen molar-refractivity contribution in [3.63, 3.8) is 0 Å². The second-order valence-corrected chi connectivity index (χ2v) is 6.44. The van der Waals surface area contributed by atoms with Gasteiger partial charge < -0.3 is 9.64 Å². The van der Waals surface area contributed by atoms with E-state index in [1.807, 2.05) is 33.8 Å². The van der Waals surface area contributed by atoms with Crippen molar-refractivity contribution < 1.29 is 9.53 Å². The van der Waals surface area contributed by atoms with E-state index in [1.54, 1.807) is 0 Å². The minimum absolute atomic E-state index is 0.0600. The largest absolute Gasteiger partial charge is 0.379 e. The molecule has 3 heterocycles. The lowest BCUT2D eigenvalue weighted by molar-refractivity contribution is -0.131. The van der Waals surface area contributed by atoms with Crippen molar-refractivity contribution in [3.8, 4) is 0 Å². The predicted octanol–water partition coefficient (Wildman–Crippen LogP) is 1.27. The van der Waals surface area contributed by atoms with Gasteiger partial charge in [-0.1, -0.05) is 17.3 Å². The zero-order valence-corrected chi connectivity index (χ0v) is 13.8. The first kappa shape index (κ1) is 15.5. The van der Waals surface area contributed by atoms with E-state index in [1.165, 1.54) is 0 Å². The maximum Gasteiger partial charge on any atom is 0.224 e. The molecule has 2 saturated heterocycles. The summed E-state index contributed by atoms with van der Waals surface area (Å²) in [6.07, 6.45) is 2.37. The minimum atomic E-state index is -0.0600. The average Bonchev–Trinajstić information content (AvgIpc) is 3.24. The summed E-state index contributed by atoms with van der Waals surface area (Å²) in [5, 5.41) is 8.64. The quantitative estimate of drug-likeness (QED) is 0.827. The van der Waals surface area contributed by atoms with Crippen LogP contribution >= 0.6 is 0 Å². The van der Waals surface area contributed by atoms with Gasteiger partial charge in [0.15, 0.2) is 0 Å². The highest BCUT2D eigenvalue weighted by Gasteiger charge is 2.31. The van der Waals surface area contributed by atoms with Gasteiger partial charge in [0.05, 0.1) is 18.7 Å². The third-order valence-electron chi connectivity index (χ3n) is 4.94. The van der Waals surface area contributed by atoms with Crippen LogP contribution in [0.1, 0.15) is 25.4 Å². The number of hydrogen-bond acceptors (Lipinski definition) is 5. The predicted molar refractivity (Wildman–Crippen MR) is 89.4 cm³/mol. The number of fused-ring (bicyclic) bond motifs is 1. The maximum atomic E-state index is 12.3. The molecule has 2 fully saturated rings. The Bertz CT molecular complexity index is 710. The number of likely N-dealkylation sites (tertiary alicyclic amines) is 1. The molecule has 2 aliphatic heterocycles. The van der Waals surface area contributed by atoms with E-state index in [9.17, 15) is 4.79 Å². The number of ether oxygens (including phenoxy) is 1. The standard InChI is InChI=1S/C17H23N5O2/c23-17-6-3-8-21(17)16(7-9-20-10-12-24-13-11-20)22-15-5-2-1-4-14(15)18-19-22/h1-2,4-5,16H,3,6-13H2. The highest BCUT2D eigenvalue weighted by molar-refractivity contribution is 5.79. The normalized spacial score (nSPS) is 20.8. The topological polar surface area (TPSA) is 63.5 Å². The summed E-state index contributed by atoms with van der Waals surface area (Å²) in [5.41, 5.74) is 1.87. The highest BCUT2D eigenvalue weighted by atomic mass is 16.5. The van der Waals surface area contributed by atoms with Crippen molar-refractivity contribution in [1.82, 2.24) is 24.8 Å². The molecule has 1 aromatic heterocycles. The van der Waals surface area contributed by atoms with Crippen molar-refractivity contribution in [2.24, 2.45) is 0 Å². The van der Waals surface area contributed by atoms with E-state index in [-0.39, 0.29) is 12.1 Å². The molecule has 1 amide bonds. The van der Waals surface area contributed by atoms with E-state index in [0.29, 0.717) is 6.42 Å². The number of nitrogens with zero attached hydrogens (tertiary/aromatic N) is 5. The van der Waals surface area contributed by atoms with Crippen molar-refractivity contribution >= 4 is 16.9 Å². The number of carbonyl (C=O) groups excluding carboxylic acids is 1. The van der Waals surface area contributed by atoms with Crippen LogP contribution in [0.4, 0.5) is 0 Å². The Labute approximate surface area is 141 Å². The zero-order valence-electron chi connectivity index (χ0n) is 13.8. The Morgan fingerprint density at radius 3 is 2.79 bits per heavy atom. The minimum Gasteiger partial charge on any atom is -0.379 e. The van der Waals surface area contributed by atoms with Gasteiger partial charge in [0.2, 0.25) is 5.91 Å². The van der Waals surface area contributed by atoms with Crippen LogP contribution in [0.3, 0.4) is 0 Å². The van der Waals surface area contributed by atoms with Gasteiger partial charge in [-0.25, -0.2) is 4.68 Å². The first-order valence-electron chi connectivity index (χ1n) is 8.72. The van der Waals surface area contributed by atoms with Crippen LogP contribution in [0.2, 0.25) is 0 Å². The van der Waals surface area contributed by atoms with Gasteiger partial charge in [0, 0.05) is 39.0 Å². The van der Waals surface area contributed by atoms with Crippen molar-refractivity contribution in [3.05, 3.63) is 24.3 Å².